The molecule has 2 unspecified atom stereocenters. The standard InChI is InChI=1S/C13H17BrN2OS/c1-8-6-9(2)18-13(15-8)16-11-7-10(14)4-5-12(11)17-3/h4-5,7-9H,6H2,1-3H3,(H,15,16). The van der Waals surface area contributed by atoms with Gasteiger partial charge < -0.3 is 10.1 Å². The van der Waals surface area contributed by atoms with Crippen LogP contribution >= 0.6 is 27.7 Å². The number of hydrogen-bond donors (Lipinski definition) is 1. The molecule has 0 saturated heterocycles. The number of hydrogen-bond acceptors (Lipinski definition) is 4. The fourth-order valence-electron chi connectivity index (χ4n) is 1.96. The number of ether oxygens (including phenoxy) is 1. The highest BCUT2D eigenvalue weighted by molar-refractivity contribution is 9.10. The molecule has 98 valence electrons. The first kappa shape index (κ1) is 13.7. The molecule has 1 aromatic rings. The van der Waals surface area contributed by atoms with Crippen LogP contribution in [0, 0.1) is 0 Å². The second-order valence-corrected chi connectivity index (χ2v) is 6.76. The molecule has 18 heavy (non-hydrogen) atoms. The van der Waals surface area contributed by atoms with E-state index in [0.717, 1.165) is 27.5 Å². The predicted molar refractivity (Wildman–Crippen MR) is 82.9 cm³/mol. The SMILES string of the molecule is COc1ccc(Br)cc1NC1=NC(C)CC(C)S1. The first-order chi connectivity index (χ1) is 8.58. The number of anilines is 1. The molecule has 2 atom stereocenters. The van der Waals surface area contributed by atoms with Crippen molar-refractivity contribution in [3.63, 3.8) is 0 Å². The van der Waals surface area contributed by atoms with E-state index >= 15 is 0 Å². The third-order valence-electron chi connectivity index (χ3n) is 2.73. The highest BCUT2D eigenvalue weighted by atomic mass is 79.9. The van der Waals surface area contributed by atoms with Crippen molar-refractivity contribution in [2.75, 3.05) is 12.4 Å². The zero-order valence-electron chi connectivity index (χ0n) is 10.7. The Morgan fingerprint density at radius 1 is 1.44 bits per heavy atom. The molecular formula is C13H17BrN2OS. The minimum absolute atomic E-state index is 0.377. The van der Waals surface area contributed by atoms with Gasteiger partial charge in [0.1, 0.15) is 5.75 Å². The van der Waals surface area contributed by atoms with E-state index in [1.807, 2.05) is 18.2 Å². The van der Waals surface area contributed by atoms with E-state index in [1.165, 1.54) is 0 Å². The molecule has 1 N–H and O–H groups in total. The molecule has 0 saturated carbocycles. The number of amidine groups is 1. The Morgan fingerprint density at radius 2 is 2.22 bits per heavy atom. The van der Waals surface area contributed by atoms with E-state index in [-0.39, 0.29) is 0 Å². The first-order valence-corrected chi connectivity index (χ1v) is 7.60. The summed E-state index contributed by atoms with van der Waals surface area (Å²) in [6, 6.07) is 6.28. The molecule has 0 amide bonds. The van der Waals surface area contributed by atoms with E-state index in [0.29, 0.717) is 11.3 Å². The number of nitrogens with one attached hydrogen (secondary N) is 1. The van der Waals surface area contributed by atoms with E-state index in [2.05, 4.69) is 40.1 Å². The summed E-state index contributed by atoms with van der Waals surface area (Å²) in [6.45, 7) is 4.38. The topological polar surface area (TPSA) is 33.6 Å². The number of thioether (sulfide) groups is 1. The summed E-state index contributed by atoms with van der Waals surface area (Å²) in [5.41, 5.74) is 0.944. The largest absolute Gasteiger partial charge is 0.495 e. The molecule has 0 radical (unpaired) electrons. The van der Waals surface area contributed by atoms with Gasteiger partial charge in [-0.3, -0.25) is 4.99 Å². The van der Waals surface area contributed by atoms with Crippen molar-refractivity contribution in [1.29, 1.82) is 0 Å². The average molecular weight is 329 g/mol. The lowest BCUT2D eigenvalue weighted by atomic mass is 10.2. The molecule has 0 aliphatic carbocycles. The Labute approximate surface area is 121 Å². The Hall–Kier alpha value is -0.680. The van der Waals surface area contributed by atoms with Gasteiger partial charge in [0.05, 0.1) is 18.8 Å². The molecule has 1 aliphatic rings. The van der Waals surface area contributed by atoms with Gasteiger partial charge >= 0.3 is 0 Å². The zero-order chi connectivity index (χ0) is 13.1. The van der Waals surface area contributed by atoms with Crippen molar-refractivity contribution >= 4 is 38.5 Å². The summed E-state index contributed by atoms with van der Waals surface area (Å²) >= 11 is 5.25. The minimum Gasteiger partial charge on any atom is -0.495 e. The van der Waals surface area contributed by atoms with Crippen LogP contribution in [-0.4, -0.2) is 23.6 Å². The average Bonchev–Trinajstić information content (AvgIpc) is 2.27. The van der Waals surface area contributed by atoms with Crippen molar-refractivity contribution in [1.82, 2.24) is 0 Å². The van der Waals surface area contributed by atoms with Crippen LogP contribution in [0.25, 0.3) is 0 Å². The Kier molecular flexibility index (Phi) is 4.56. The van der Waals surface area contributed by atoms with Crippen LogP contribution in [0.2, 0.25) is 0 Å². The van der Waals surface area contributed by atoms with Crippen molar-refractivity contribution in [3.8, 4) is 5.75 Å². The van der Waals surface area contributed by atoms with Crippen molar-refractivity contribution in [2.24, 2.45) is 4.99 Å². The van der Waals surface area contributed by atoms with Crippen LogP contribution in [0.15, 0.2) is 27.7 Å². The van der Waals surface area contributed by atoms with E-state index in [9.17, 15) is 0 Å². The number of methoxy groups -OCH3 is 1. The summed E-state index contributed by atoms with van der Waals surface area (Å²) in [5, 5.41) is 4.93. The highest BCUT2D eigenvalue weighted by Gasteiger charge is 2.19. The fourth-order valence-corrected chi connectivity index (χ4v) is 3.48. The van der Waals surface area contributed by atoms with E-state index in [1.54, 1.807) is 18.9 Å². The summed E-state index contributed by atoms with van der Waals surface area (Å²) in [4.78, 5) is 4.63. The molecule has 0 aromatic heterocycles. The summed E-state index contributed by atoms with van der Waals surface area (Å²) in [7, 11) is 1.68. The van der Waals surface area contributed by atoms with Crippen molar-refractivity contribution < 1.29 is 4.74 Å². The third-order valence-corrected chi connectivity index (χ3v) is 4.25. The number of rotatable bonds is 2. The summed E-state index contributed by atoms with van der Waals surface area (Å²) in [6.07, 6.45) is 1.13. The van der Waals surface area contributed by atoms with Crippen LogP contribution < -0.4 is 10.1 Å². The van der Waals surface area contributed by atoms with Gasteiger partial charge in [0.15, 0.2) is 5.17 Å². The van der Waals surface area contributed by atoms with Crippen LogP contribution in [0.1, 0.15) is 20.3 Å². The Bertz CT molecular complexity index is 464. The molecule has 0 fully saturated rings. The normalized spacial score (nSPS) is 23.4. The number of benzene rings is 1. The molecule has 0 bridgehead atoms. The van der Waals surface area contributed by atoms with E-state index in [4.69, 9.17) is 4.74 Å². The zero-order valence-corrected chi connectivity index (χ0v) is 13.1. The summed E-state index contributed by atoms with van der Waals surface area (Å²) in [5.74, 6) is 0.826. The molecule has 1 heterocycles. The summed E-state index contributed by atoms with van der Waals surface area (Å²) < 4.78 is 6.37. The third kappa shape index (κ3) is 3.42. The number of halogens is 1. The quantitative estimate of drug-likeness (QED) is 0.885. The van der Waals surface area contributed by atoms with Gasteiger partial charge in [-0.25, -0.2) is 0 Å². The molecular weight excluding hydrogens is 312 g/mol. The van der Waals surface area contributed by atoms with Crippen LogP contribution in [0.5, 0.6) is 5.75 Å². The maximum absolute atomic E-state index is 5.35. The van der Waals surface area contributed by atoms with Gasteiger partial charge in [0, 0.05) is 9.72 Å². The fraction of sp³-hybridized carbons (Fsp3) is 0.462. The predicted octanol–water partition coefficient (Wildman–Crippen LogP) is 4.14. The van der Waals surface area contributed by atoms with Gasteiger partial charge in [-0.2, -0.15) is 0 Å². The molecule has 2 rings (SSSR count). The highest BCUT2D eigenvalue weighted by Crippen LogP contribution is 2.31. The Morgan fingerprint density at radius 3 is 2.89 bits per heavy atom. The number of aliphatic imine (C=N–C) groups is 1. The Balaban J connectivity index is 2.20. The first-order valence-electron chi connectivity index (χ1n) is 5.93. The maximum atomic E-state index is 5.35. The molecule has 3 nitrogen and oxygen atoms in total. The lowest BCUT2D eigenvalue weighted by Gasteiger charge is -2.23. The van der Waals surface area contributed by atoms with Gasteiger partial charge in [0.2, 0.25) is 0 Å². The van der Waals surface area contributed by atoms with Gasteiger partial charge in [-0.15, -0.1) is 0 Å². The van der Waals surface area contributed by atoms with Crippen molar-refractivity contribution in [3.05, 3.63) is 22.7 Å². The van der Waals surface area contributed by atoms with Gasteiger partial charge in [-0.05, 0) is 31.5 Å². The monoisotopic (exact) mass is 328 g/mol. The molecule has 1 aliphatic heterocycles. The van der Waals surface area contributed by atoms with E-state index < -0.39 is 0 Å². The van der Waals surface area contributed by atoms with Crippen LogP contribution in [0.3, 0.4) is 0 Å². The molecule has 1 aromatic carbocycles. The number of nitrogens with zero attached hydrogens (tertiary/aromatic N) is 1. The smallest absolute Gasteiger partial charge is 0.161 e. The van der Waals surface area contributed by atoms with Crippen LogP contribution in [0.4, 0.5) is 5.69 Å². The maximum Gasteiger partial charge on any atom is 0.161 e. The lowest BCUT2D eigenvalue weighted by Crippen LogP contribution is -2.22. The minimum atomic E-state index is 0.377. The van der Waals surface area contributed by atoms with Crippen molar-refractivity contribution in [2.45, 2.75) is 31.6 Å². The van der Waals surface area contributed by atoms with Crippen LogP contribution in [-0.2, 0) is 0 Å². The van der Waals surface area contributed by atoms with Gasteiger partial charge in [-0.1, -0.05) is 34.6 Å². The second kappa shape index (κ2) is 5.97. The van der Waals surface area contributed by atoms with Gasteiger partial charge in [0.25, 0.3) is 0 Å². The lowest BCUT2D eigenvalue weighted by molar-refractivity contribution is 0.417. The second-order valence-electron chi connectivity index (χ2n) is 4.42. The molecule has 5 heteroatoms. The molecule has 0 spiro atoms.